The number of aliphatic hydroxyl groups is 1. The molecule has 12 aromatic heterocycles. The van der Waals surface area contributed by atoms with Crippen LogP contribution in [0.25, 0.3) is 83.3 Å². The van der Waals surface area contributed by atoms with Crippen LogP contribution >= 0.6 is 35.7 Å². The molecule has 0 atom stereocenters. The molecule has 0 saturated carbocycles. The van der Waals surface area contributed by atoms with Gasteiger partial charge in [-0.1, -0.05) is 53.2 Å². The number of hydrogen-bond acceptors (Lipinski definition) is 20. The zero-order valence-corrected chi connectivity index (χ0v) is 71.9. The summed E-state index contributed by atoms with van der Waals surface area (Å²) in [6.07, 6.45) is 26.2. The number of H-pyrrole nitrogens is 1. The van der Waals surface area contributed by atoms with E-state index in [-0.39, 0.29) is 16.2 Å². The van der Waals surface area contributed by atoms with E-state index in [1.807, 2.05) is 149 Å². The second kappa shape index (κ2) is 33.1. The van der Waals surface area contributed by atoms with Gasteiger partial charge in [-0.2, -0.15) is 20.4 Å². The number of pyridine rings is 6. The summed E-state index contributed by atoms with van der Waals surface area (Å²) in [5.41, 5.74) is 16.3. The molecule has 0 amide bonds. The highest BCUT2D eigenvalue weighted by Crippen LogP contribution is 2.42. The van der Waals surface area contributed by atoms with Crippen molar-refractivity contribution in [1.29, 1.82) is 0 Å². The Hall–Kier alpha value is -9.99. The van der Waals surface area contributed by atoms with E-state index < -0.39 is 16.6 Å². The highest BCUT2D eigenvalue weighted by molar-refractivity contribution is 7.99. The van der Waals surface area contributed by atoms with Crippen LogP contribution in [0.5, 0.6) is 0 Å². The van der Waals surface area contributed by atoms with Crippen molar-refractivity contribution in [3.05, 3.63) is 194 Å². The molecule has 3 aliphatic rings. The minimum absolute atomic E-state index is 0.186. The van der Waals surface area contributed by atoms with Gasteiger partial charge in [0.15, 0.2) is 48.7 Å². The van der Waals surface area contributed by atoms with Gasteiger partial charge in [0, 0.05) is 158 Å². The number of hydrogen-bond donors (Lipinski definition) is 2. The maximum atomic E-state index is 9.80. The van der Waals surface area contributed by atoms with Crippen molar-refractivity contribution < 1.29 is 14.0 Å². The average Bonchev–Trinajstić information content (AvgIpc) is 1.63. The second-order valence-corrected chi connectivity index (χ2v) is 45.1. The number of aromatic amines is 1. The lowest BCUT2D eigenvalue weighted by atomic mass is 10.1. The van der Waals surface area contributed by atoms with Gasteiger partial charge in [0.25, 0.3) is 0 Å². The molecular formula is C85H101N21O3S3Si2. The Balaban J connectivity index is 0.000000125. The first-order valence-corrected chi connectivity index (χ1v) is 47.0. The molecule has 3 aromatic carbocycles. The molecule has 0 spiro atoms. The highest BCUT2D eigenvalue weighted by Gasteiger charge is 2.41. The Bertz CT molecular complexity index is 5970. The maximum Gasteiger partial charge on any atom is 0.200 e. The SMILES string of the molecule is Cc1ccc2ncc(N3CCC(O[Si](C)(C)C(C)(C)C)CC3)cc2c1.Cn1cc(-c2ccc3n[nH]c(=S)n3c2)cn1.Cn1ccc(-c2ccc3nnc(Sc4ccc5ncc(N6CCC(O)CC6)cc5c4)n3c2)n1.Cn1ccc(-c2ccc3nnc(Sc4ccc5ncc(N6CCC(O[Si](C)(C)C(C)(C)C)CC6)cc5c4)n3c2)n1. The number of aliphatic hydroxyl groups excluding tert-OH is 1. The van der Waals surface area contributed by atoms with Crippen LogP contribution in [0.4, 0.5) is 17.1 Å². The first kappa shape index (κ1) is 79.3. The molecule has 0 radical (unpaired) electrons. The average molecular weight is 1620 g/mol. The predicted octanol–water partition coefficient (Wildman–Crippen LogP) is 17.9. The minimum Gasteiger partial charge on any atom is -0.414 e. The molecular weight excluding hydrogens is 1520 g/mol. The summed E-state index contributed by atoms with van der Waals surface area (Å²) < 4.78 is 25.2. The number of rotatable bonds is 14. The molecule has 590 valence electrons. The Morgan fingerprint density at radius 2 is 0.877 bits per heavy atom. The minimum atomic E-state index is -1.75. The van der Waals surface area contributed by atoms with Gasteiger partial charge in [0.1, 0.15) is 0 Å². The van der Waals surface area contributed by atoms with Crippen molar-refractivity contribution in [2.75, 3.05) is 54.0 Å². The van der Waals surface area contributed by atoms with Crippen LogP contribution in [-0.2, 0) is 30.0 Å². The molecule has 2 N–H and O–H groups in total. The summed E-state index contributed by atoms with van der Waals surface area (Å²) in [6, 6.07) is 41.8. The van der Waals surface area contributed by atoms with Gasteiger partial charge in [0.05, 0.1) is 75.9 Å². The summed E-state index contributed by atoms with van der Waals surface area (Å²) in [5.74, 6) is 0. The summed E-state index contributed by atoms with van der Waals surface area (Å²) in [6.45, 7) is 31.2. The van der Waals surface area contributed by atoms with Gasteiger partial charge in [-0.15, -0.1) is 20.4 Å². The Kier molecular flexibility index (Phi) is 23.0. The smallest absolute Gasteiger partial charge is 0.200 e. The molecule has 3 saturated heterocycles. The maximum absolute atomic E-state index is 9.80. The summed E-state index contributed by atoms with van der Waals surface area (Å²) in [4.78, 5) is 23.5. The van der Waals surface area contributed by atoms with E-state index in [0.29, 0.717) is 17.0 Å². The molecule has 18 rings (SSSR count). The van der Waals surface area contributed by atoms with Crippen molar-refractivity contribution in [3.63, 3.8) is 0 Å². The zero-order chi connectivity index (χ0) is 79.8. The lowest BCUT2D eigenvalue weighted by Gasteiger charge is -2.42. The monoisotopic (exact) mass is 1620 g/mol. The largest absolute Gasteiger partial charge is 0.414 e. The van der Waals surface area contributed by atoms with Crippen LogP contribution in [0.1, 0.15) is 85.6 Å². The number of nitrogens with one attached hydrogen (secondary N) is 1. The first-order valence-electron chi connectivity index (χ1n) is 39.1. The van der Waals surface area contributed by atoms with E-state index >= 15 is 0 Å². The van der Waals surface area contributed by atoms with Gasteiger partial charge in [-0.05, 0) is 233 Å². The zero-order valence-electron chi connectivity index (χ0n) is 67.5. The molecule has 3 aliphatic heterocycles. The van der Waals surface area contributed by atoms with Crippen molar-refractivity contribution in [3.8, 4) is 33.6 Å². The van der Waals surface area contributed by atoms with Gasteiger partial charge < -0.3 is 28.7 Å². The molecule has 0 unspecified atom stereocenters. The predicted molar refractivity (Wildman–Crippen MR) is 466 cm³/mol. The molecule has 0 aliphatic carbocycles. The summed E-state index contributed by atoms with van der Waals surface area (Å²) in [5, 5.41) is 53.0. The normalized spacial score (nSPS) is 15.1. The van der Waals surface area contributed by atoms with Crippen LogP contribution in [0.3, 0.4) is 0 Å². The first-order chi connectivity index (χ1) is 54.6. The van der Waals surface area contributed by atoms with E-state index in [1.54, 1.807) is 32.9 Å². The molecule has 29 heteroatoms. The number of anilines is 3. The molecule has 0 bridgehead atoms. The third-order valence-corrected chi connectivity index (χ3v) is 34.0. The fourth-order valence-corrected chi connectivity index (χ4v) is 18.8. The standard InChI is InChI=1S/C30H37N7OSSi.C24H23N7OS.C21H32N2OSi.C10H9N5S/c1-30(2,3)40(5,6)38-24-11-15-36(16-12-24)23-17-22-18-25(8-9-26(22)31-19-23)39-29-33-32-28-10-7-21(20-37(28)29)27-13-14-35(4)34-27;1-29-9-8-22(28-29)16-2-5-23-26-27-24(31(23)15-16)33-20-3-4-21-17(13-20)12-18(14-25-21)30-10-6-19(32)7-11-30;1-16-7-8-20-17(13-16)14-18(15-22-20)23-11-9-19(10-12-23)24-25(5,6)21(2,3)4;1-14-5-8(4-11-14)7-2-3-9-12-13-10(16)15(9)6-7/h7-10,13-14,17-20,24H,11-12,15-16H2,1-6H3;2-5,8-9,12-15,19,32H,6-7,10-11H2,1H3;7-8,13-15,19H,9-12H2,1-6H3;2-6H,1H3,(H,13,16). The quantitative estimate of drug-likeness (QED) is 0.0760. The van der Waals surface area contributed by atoms with Crippen molar-refractivity contribution in [2.45, 2.75) is 162 Å². The topological polar surface area (TPSA) is 234 Å². The van der Waals surface area contributed by atoms with Crippen LogP contribution < -0.4 is 14.7 Å². The van der Waals surface area contributed by atoms with E-state index in [2.05, 4.69) is 218 Å². The number of nitrogens with zero attached hydrogens (tertiary/aromatic N) is 20. The molecule has 114 heavy (non-hydrogen) atoms. The van der Waals surface area contributed by atoms with E-state index in [9.17, 15) is 5.11 Å². The molecule has 15 heterocycles. The molecule has 15 aromatic rings. The van der Waals surface area contributed by atoms with E-state index in [1.165, 1.54) is 22.3 Å². The lowest BCUT2D eigenvalue weighted by molar-refractivity contribution is 0.145. The number of piperidine rings is 3. The van der Waals surface area contributed by atoms with Gasteiger partial charge in [-0.3, -0.25) is 47.3 Å². The lowest BCUT2D eigenvalue weighted by Crippen LogP contribution is -2.47. The van der Waals surface area contributed by atoms with Crippen molar-refractivity contribution in [1.82, 2.24) is 88.1 Å². The molecule has 3 fully saturated rings. The fourth-order valence-electron chi connectivity index (χ4n) is 14.0. The van der Waals surface area contributed by atoms with Crippen molar-refractivity contribution in [2.24, 2.45) is 21.1 Å². The van der Waals surface area contributed by atoms with Gasteiger partial charge >= 0.3 is 0 Å². The summed E-state index contributed by atoms with van der Waals surface area (Å²) >= 11 is 8.31. The number of aromatic nitrogens is 18. The number of benzene rings is 3. The van der Waals surface area contributed by atoms with E-state index in [4.69, 9.17) is 26.1 Å². The third-order valence-electron chi connectivity index (χ3n) is 22.7. The number of fused-ring (bicyclic) bond motifs is 6. The van der Waals surface area contributed by atoms with E-state index in [0.717, 1.165) is 181 Å². The molecule has 24 nitrogen and oxygen atoms in total. The van der Waals surface area contributed by atoms with Crippen LogP contribution in [-0.4, -0.2) is 167 Å². The van der Waals surface area contributed by atoms with Crippen LogP contribution in [0.15, 0.2) is 203 Å². The third kappa shape index (κ3) is 18.2. The van der Waals surface area contributed by atoms with Crippen LogP contribution in [0, 0.1) is 11.7 Å². The fraction of sp³-hybridized carbons (Fsp3) is 0.365. The van der Waals surface area contributed by atoms with Crippen molar-refractivity contribution >= 4 is 119 Å². The van der Waals surface area contributed by atoms with Gasteiger partial charge in [-0.25, -0.2) is 0 Å². The highest BCUT2D eigenvalue weighted by atomic mass is 32.2. The summed E-state index contributed by atoms with van der Waals surface area (Å²) in [7, 11) is 2.32. The Morgan fingerprint density at radius 1 is 0.456 bits per heavy atom. The number of aryl methyl sites for hydroxylation is 4. The Morgan fingerprint density at radius 3 is 1.31 bits per heavy atom. The second-order valence-electron chi connectivity index (χ2n) is 33.1. The van der Waals surface area contributed by atoms with Crippen LogP contribution in [0.2, 0.25) is 36.3 Å². The van der Waals surface area contributed by atoms with Gasteiger partial charge in [0.2, 0.25) is 0 Å². The Labute approximate surface area is 680 Å².